The number of methoxy groups -OCH3 is 1. The monoisotopic (exact) mass is 217 g/mol. The summed E-state index contributed by atoms with van der Waals surface area (Å²) in [4.78, 5) is 11.2. The van der Waals surface area contributed by atoms with Crippen LogP contribution in [0.3, 0.4) is 0 Å². The molecule has 2 aromatic carbocycles. The Morgan fingerprint density at radius 3 is 2.69 bits per heavy atom. The van der Waals surface area contributed by atoms with Gasteiger partial charge in [-0.15, -0.1) is 0 Å². The van der Waals surface area contributed by atoms with Crippen molar-refractivity contribution >= 4 is 22.4 Å². The van der Waals surface area contributed by atoms with Crippen molar-refractivity contribution in [3.05, 3.63) is 35.9 Å². The van der Waals surface area contributed by atoms with Gasteiger partial charge in [-0.3, -0.25) is 0 Å². The third-order valence-electron chi connectivity index (χ3n) is 2.45. The third kappa shape index (κ3) is 1.44. The molecule has 0 saturated carbocycles. The van der Waals surface area contributed by atoms with Gasteiger partial charge in [0.15, 0.2) is 5.75 Å². The van der Waals surface area contributed by atoms with Crippen molar-refractivity contribution in [2.24, 2.45) is 0 Å². The van der Waals surface area contributed by atoms with Crippen LogP contribution in [-0.2, 0) is 0 Å². The summed E-state index contributed by atoms with van der Waals surface area (Å²) in [5.74, 6) is -0.827. The number of ether oxygens (including phenoxy) is 1. The molecule has 0 spiro atoms. The van der Waals surface area contributed by atoms with Crippen LogP contribution in [0.2, 0.25) is 0 Å². The standard InChI is InChI=1S/C12H11NO3/c1-16-11-9(13)6-7-4-2-3-5-8(7)10(11)12(14)15/h2-6H,13H2,1H3,(H,14,15). The fourth-order valence-corrected chi connectivity index (χ4v) is 1.78. The molecule has 3 N–H and O–H groups in total. The number of benzene rings is 2. The molecule has 82 valence electrons. The highest BCUT2D eigenvalue weighted by Crippen LogP contribution is 2.33. The normalized spacial score (nSPS) is 10.3. The Hall–Kier alpha value is -2.23. The van der Waals surface area contributed by atoms with E-state index in [9.17, 15) is 9.90 Å². The minimum absolute atomic E-state index is 0.109. The molecule has 0 amide bonds. The number of fused-ring (bicyclic) bond motifs is 1. The number of nitrogens with two attached hydrogens (primary N) is 1. The number of carboxylic acids is 1. The molecule has 2 rings (SSSR count). The summed E-state index contributed by atoms with van der Waals surface area (Å²) in [5.41, 5.74) is 6.19. The Morgan fingerprint density at radius 1 is 1.38 bits per heavy atom. The minimum atomic E-state index is -1.04. The van der Waals surface area contributed by atoms with Crippen molar-refractivity contribution in [2.75, 3.05) is 12.8 Å². The summed E-state index contributed by atoms with van der Waals surface area (Å²) in [7, 11) is 1.41. The predicted octanol–water partition coefficient (Wildman–Crippen LogP) is 2.13. The van der Waals surface area contributed by atoms with Crippen molar-refractivity contribution in [3.8, 4) is 5.75 Å². The first-order valence-electron chi connectivity index (χ1n) is 4.73. The van der Waals surface area contributed by atoms with E-state index >= 15 is 0 Å². The van der Waals surface area contributed by atoms with Crippen molar-refractivity contribution in [2.45, 2.75) is 0 Å². The lowest BCUT2D eigenvalue weighted by atomic mass is 10.0. The average Bonchev–Trinajstić information content (AvgIpc) is 2.26. The van der Waals surface area contributed by atoms with E-state index in [0.29, 0.717) is 11.1 Å². The van der Waals surface area contributed by atoms with Crippen LogP contribution in [0, 0.1) is 0 Å². The first kappa shape index (κ1) is 10.3. The third-order valence-corrected chi connectivity index (χ3v) is 2.45. The number of aromatic carboxylic acids is 1. The summed E-state index contributed by atoms with van der Waals surface area (Å²) >= 11 is 0. The van der Waals surface area contributed by atoms with Crippen molar-refractivity contribution in [3.63, 3.8) is 0 Å². The Kier molecular flexibility index (Phi) is 2.40. The van der Waals surface area contributed by atoms with Crippen LogP contribution in [0.25, 0.3) is 10.8 Å². The van der Waals surface area contributed by atoms with Crippen molar-refractivity contribution in [1.29, 1.82) is 0 Å². The van der Waals surface area contributed by atoms with Gasteiger partial charge in [-0.1, -0.05) is 24.3 Å². The zero-order valence-electron chi connectivity index (χ0n) is 8.73. The lowest BCUT2D eigenvalue weighted by Crippen LogP contribution is -2.04. The Labute approximate surface area is 92.3 Å². The smallest absolute Gasteiger partial charge is 0.340 e. The summed E-state index contributed by atoms with van der Waals surface area (Å²) < 4.78 is 5.04. The highest BCUT2D eigenvalue weighted by molar-refractivity contribution is 6.08. The maximum atomic E-state index is 11.2. The molecule has 0 fully saturated rings. The van der Waals surface area contributed by atoms with Crippen LogP contribution in [0.5, 0.6) is 5.75 Å². The number of carboxylic acid groups (broad SMARTS) is 1. The zero-order chi connectivity index (χ0) is 11.7. The second kappa shape index (κ2) is 3.73. The summed E-state index contributed by atoms with van der Waals surface area (Å²) in [6, 6.07) is 8.88. The topological polar surface area (TPSA) is 72.5 Å². The van der Waals surface area contributed by atoms with Gasteiger partial charge in [-0.2, -0.15) is 0 Å². The van der Waals surface area contributed by atoms with Gasteiger partial charge >= 0.3 is 5.97 Å². The maximum absolute atomic E-state index is 11.2. The number of anilines is 1. The number of hydrogen-bond donors (Lipinski definition) is 2. The fraction of sp³-hybridized carbons (Fsp3) is 0.0833. The number of nitrogen functional groups attached to an aromatic ring is 1. The summed E-state index contributed by atoms with van der Waals surface area (Å²) in [6.45, 7) is 0. The molecule has 2 aromatic rings. The molecule has 4 nitrogen and oxygen atoms in total. The Balaban J connectivity index is 2.93. The van der Waals surface area contributed by atoms with Crippen molar-refractivity contribution in [1.82, 2.24) is 0 Å². The van der Waals surface area contributed by atoms with Gasteiger partial charge in [-0.25, -0.2) is 4.79 Å². The van der Waals surface area contributed by atoms with E-state index < -0.39 is 5.97 Å². The quantitative estimate of drug-likeness (QED) is 0.756. The Morgan fingerprint density at radius 2 is 2.06 bits per heavy atom. The lowest BCUT2D eigenvalue weighted by Gasteiger charge is -2.11. The molecule has 0 aliphatic carbocycles. The summed E-state index contributed by atoms with van der Waals surface area (Å²) in [5, 5.41) is 10.6. The average molecular weight is 217 g/mol. The van der Waals surface area contributed by atoms with Crippen LogP contribution >= 0.6 is 0 Å². The van der Waals surface area contributed by atoms with Crippen molar-refractivity contribution < 1.29 is 14.6 Å². The molecule has 0 heterocycles. The van der Waals surface area contributed by atoms with Crippen LogP contribution in [0.1, 0.15) is 10.4 Å². The largest absolute Gasteiger partial charge is 0.494 e. The van der Waals surface area contributed by atoms with E-state index in [2.05, 4.69) is 0 Å². The van der Waals surface area contributed by atoms with Gasteiger partial charge in [0.05, 0.1) is 12.8 Å². The lowest BCUT2D eigenvalue weighted by molar-refractivity contribution is 0.0695. The van der Waals surface area contributed by atoms with Gasteiger partial charge in [0.1, 0.15) is 5.56 Å². The second-order valence-electron chi connectivity index (χ2n) is 3.40. The minimum Gasteiger partial charge on any atom is -0.494 e. The highest BCUT2D eigenvalue weighted by Gasteiger charge is 2.17. The maximum Gasteiger partial charge on any atom is 0.340 e. The van der Waals surface area contributed by atoms with Crippen LogP contribution in [0.15, 0.2) is 30.3 Å². The second-order valence-corrected chi connectivity index (χ2v) is 3.40. The van der Waals surface area contributed by atoms with Crippen LogP contribution in [0.4, 0.5) is 5.69 Å². The first-order valence-corrected chi connectivity index (χ1v) is 4.73. The zero-order valence-corrected chi connectivity index (χ0v) is 8.73. The summed E-state index contributed by atoms with van der Waals surface area (Å²) in [6.07, 6.45) is 0. The first-order chi connectivity index (χ1) is 7.65. The molecular weight excluding hydrogens is 206 g/mol. The number of hydrogen-bond acceptors (Lipinski definition) is 3. The molecule has 0 atom stereocenters. The number of carbonyl (C=O) groups is 1. The molecule has 0 unspecified atom stereocenters. The Bertz CT molecular complexity index is 563. The molecule has 16 heavy (non-hydrogen) atoms. The molecule has 4 heteroatoms. The van der Waals surface area contributed by atoms with E-state index in [1.165, 1.54) is 7.11 Å². The molecule has 0 radical (unpaired) electrons. The molecular formula is C12H11NO3. The molecule has 0 aliphatic rings. The molecule has 0 aromatic heterocycles. The van der Waals surface area contributed by atoms with Gasteiger partial charge in [0.25, 0.3) is 0 Å². The number of rotatable bonds is 2. The molecule has 0 saturated heterocycles. The van der Waals surface area contributed by atoms with E-state index in [-0.39, 0.29) is 11.3 Å². The van der Waals surface area contributed by atoms with Crippen LogP contribution in [-0.4, -0.2) is 18.2 Å². The van der Waals surface area contributed by atoms with E-state index in [1.54, 1.807) is 18.2 Å². The van der Waals surface area contributed by atoms with Crippen LogP contribution < -0.4 is 10.5 Å². The van der Waals surface area contributed by atoms with Gasteiger partial charge in [0.2, 0.25) is 0 Å². The predicted molar refractivity (Wildman–Crippen MR) is 61.9 cm³/mol. The van der Waals surface area contributed by atoms with E-state index in [0.717, 1.165) is 5.39 Å². The van der Waals surface area contributed by atoms with E-state index in [4.69, 9.17) is 10.5 Å². The SMILES string of the molecule is COc1c(N)cc2ccccc2c1C(=O)O. The van der Waals surface area contributed by atoms with E-state index in [1.807, 2.05) is 12.1 Å². The molecule has 0 bridgehead atoms. The van der Waals surface area contributed by atoms with Gasteiger partial charge in [0, 0.05) is 5.39 Å². The fourth-order valence-electron chi connectivity index (χ4n) is 1.78. The van der Waals surface area contributed by atoms with Gasteiger partial charge in [-0.05, 0) is 11.5 Å². The molecule has 0 aliphatic heterocycles. The van der Waals surface area contributed by atoms with Gasteiger partial charge < -0.3 is 15.6 Å². The highest BCUT2D eigenvalue weighted by atomic mass is 16.5.